The van der Waals surface area contributed by atoms with E-state index >= 15 is 0 Å². The van der Waals surface area contributed by atoms with E-state index in [1.165, 1.54) is 0 Å². The molecule has 2 N–H and O–H groups in total. The van der Waals surface area contributed by atoms with Gasteiger partial charge in [0.25, 0.3) is 10.9 Å². The molecular formula is C9H14N2O3. The largest absolute Gasteiger partial charge is 0.502 e. The van der Waals surface area contributed by atoms with Gasteiger partial charge in [0.2, 0.25) is 0 Å². The average Bonchev–Trinajstić information content (AvgIpc) is 2.15. The van der Waals surface area contributed by atoms with Gasteiger partial charge in [-0.05, 0) is 27.1 Å². The van der Waals surface area contributed by atoms with Crippen LogP contribution in [0.4, 0.5) is 5.69 Å². The topological polar surface area (TPSA) is 69.6 Å². The van der Waals surface area contributed by atoms with E-state index in [1.54, 1.807) is 0 Å². The Labute approximate surface area is 81.7 Å². The van der Waals surface area contributed by atoms with Crippen LogP contribution in [0.3, 0.4) is 0 Å². The Kier molecular flexibility index (Phi) is 3.24. The van der Waals surface area contributed by atoms with Gasteiger partial charge in [-0.1, -0.05) is 0 Å². The monoisotopic (exact) mass is 198 g/mol. The highest BCUT2D eigenvalue weighted by Crippen LogP contribution is 2.13. The van der Waals surface area contributed by atoms with Crippen molar-refractivity contribution in [3.8, 4) is 5.75 Å². The normalized spacial score (nSPS) is 11.1. The smallest absolute Gasteiger partial charge is 0.271 e. The Hall–Kier alpha value is -1.36. The maximum atomic E-state index is 10.9. The second-order valence-electron chi connectivity index (χ2n) is 3.47. The van der Waals surface area contributed by atoms with Gasteiger partial charge in [-0.2, -0.15) is 0 Å². The highest BCUT2D eigenvalue weighted by Gasteiger charge is 2.18. The summed E-state index contributed by atoms with van der Waals surface area (Å²) in [6.45, 7) is 1.47. The second-order valence-corrected chi connectivity index (χ2v) is 3.47. The molecule has 0 aliphatic rings. The number of nitrogens with one attached hydrogen (secondary N) is 1. The first-order valence-corrected chi connectivity index (χ1v) is 4.45. The number of rotatable bonds is 5. The van der Waals surface area contributed by atoms with Gasteiger partial charge < -0.3 is 15.3 Å². The Balaban J connectivity index is 2.34. The molecule has 0 radical (unpaired) electrons. The minimum absolute atomic E-state index is 0.0637. The van der Waals surface area contributed by atoms with Crippen LogP contribution in [0.5, 0.6) is 5.75 Å². The van der Waals surface area contributed by atoms with Gasteiger partial charge in [-0.3, -0.25) is 9.59 Å². The van der Waals surface area contributed by atoms with Crippen molar-refractivity contribution >= 4 is 5.69 Å². The Morgan fingerprint density at radius 1 is 1.29 bits per heavy atom. The SMILES string of the molecule is CN(C)CCCNc1c(O)c(=O)c1=O. The molecule has 0 bridgehead atoms. The lowest BCUT2D eigenvalue weighted by atomic mass is 10.2. The van der Waals surface area contributed by atoms with Gasteiger partial charge in [0, 0.05) is 6.54 Å². The lowest BCUT2D eigenvalue weighted by Crippen LogP contribution is -2.33. The first kappa shape index (κ1) is 10.7. The molecule has 0 saturated carbocycles. The highest BCUT2D eigenvalue weighted by molar-refractivity contribution is 5.60. The van der Waals surface area contributed by atoms with Crippen molar-refractivity contribution in [1.82, 2.24) is 4.90 Å². The van der Waals surface area contributed by atoms with E-state index in [0.717, 1.165) is 13.0 Å². The number of aromatic hydroxyl groups is 1. The lowest BCUT2D eigenvalue weighted by Gasteiger charge is -2.11. The van der Waals surface area contributed by atoms with E-state index in [9.17, 15) is 9.59 Å². The molecule has 0 amide bonds. The van der Waals surface area contributed by atoms with Crippen molar-refractivity contribution in [2.75, 3.05) is 32.5 Å². The van der Waals surface area contributed by atoms with Crippen molar-refractivity contribution in [2.45, 2.75) is 6.42 Å². The van der Waals surface area contributed by atoms with E-state index in [0.29, 0.717) is 6.54 Å². The maximum Gasteiger partial charge on any atom is 0.271 e. The molecule has 0 saturated heterocycles. The molecule has 1 aromatic rings. The van der Waals surface area contributed by atoms with Gasteiger partial charge in [0.05, 0.1) is 0 Å². The summed E-state index contributed by atoms with van der Waals surface area (Å²) in [6.07, 6.45) is 0.852. The molecule has 0 spiro atoms. The van der Waals surface area contributed by atoms with Crippen LogP contribution >= 0.6 is 0 Å². The zero-order chi connectivity index (χ0) is 10.7. The standard InChI is InChI=1S/C9H14N2O3/c1-11(2)5-3-4-10-6-7(12)9(14)8(6)13/h10,12H,3-5H2,1-2H3. The molecule has 0 fully saturated rings. The van der Waals surface area contributed by atoms with Crippen molar-refractivity contribution < 1.29 is 5.11 Å². The van der Waals surface area contributed by atoms with Crippen LogP contribution in [0.1, 0.15) is 6.42 Å². The number of nitrogens with zero attached hydrogens (tertiary/aromatic N) is 1. The van der Waals surface area contributed by atoms with Gasteiger partial charge in [-0.25, -0.2) is 0 Å². The Morgan fingerprint density at radius 3 is 2.43 bits per heavy atom. The maximum absolute atomic E-state index is 10.9. The molecule has 0 heterocycles. The molecule has 78 valence electrons. The Morgan fingerprint density at radius 2 is 1.93 bits per heavy atom. The average molecular weight is 198 g/mol. The molecule has 5 nitrogen and oxygen atoms in total. The van der Waals surface area contributed by atoms with Crippen LogP contribution in [0.2, 0.25) is 0 Å². The van der Waals surface area contributed by atoms with E-state index in [1.807, 2.05) is 19.0 Å². The predicted octanol–water partition coefficient (Wildman–Crippen LogP) is -0.648. The number of hydrogen-bond donors (Lipinski definition) is 2. The molecule has 14 heavy (non-hydrogen) atoms. The fourth-order valence-corrected chi connectivity index (χ4v) is 1.15. The fraction of sp³-hybridized carbons (Fsp3) is 0.556. The van der Waals surface area contributed by atoms with Crippen LogP contribution in [0.15, 0.2) is 9.59 Å². The molecule has 5 heteroatoms. The summed E-state index contributed by atoms with van der Waals surface area (Å²) in [7, 11) is 3.91. The van der Waals surface area contributed by atoms with E-state index in [-0.39, 0.29) is 5.69 Å². The van der Waals surface area contributed by atoms with Crippen LogP contribution in [-0.4, -0.2) is 37.2 Å². The fourth-order valence-electron chi connectivity index (χ4n) is 1.15. The van der Waals surface area contributed by atoms with Gasteiger partial charge >= 0.3 is 0 Å². The zero-order valence-electron chi connectivity index (χ0n) is 8.33. The lowest BCUT2D eigenvalue weighted by molar-refractivity contribution is 0.405. The third-order valence-corrected chi connectivity index (χ3v) is 1.97. The summed E-state index contributed by atoms with van der Waals surface area (Å²) in [5, 5.41) is 11.7. The number of hydrogen-bond acceptors (Lipinski definition) is 5. The molecular weight excluding hydrogens is 184 g/mol. The van der Waals surface area contributed by atoms with Crippen molar-refractivity contribution in [3.63, 3.8) is 0 Å². The first-order chi connectivity index (χ1) is 6.54. The van der Waals surface area contributed by atoms with Crippen molar-refractivity contribution in [3.05, 3.63) is 20.4 Å². The first-order valence-electron chi connectivity index (χ1n) is 4.45. The van der Waals surface area contributed by atoms with Crippen LogP contribution in [0.25, 0.3) is 0 Å². The van der Waals surface area contributed by atoms with Crippen LogP contribution in [0, 0.1) is 0 Å². The van der Waals surface area contributed by atoms with E-state index in [2.05, 4.69) is 5.32 Å². The summed E-state index contributed by atoms with van der Waals surface area (Å²) in [4.78, 5) is 23.5. The third-order valence-electron chi connectivity index (χ3n) is 1.97. The summed E-state index contributed by atoms with van der Waals surface area (Å²) < 4.78 is 0. The summed E-state index contributed by atoms with van der Waals surface area (Å²) >= 11 is 0. The Bertz CT molecular complexity index is 377. The van der Waals surface area contributed by atoms with E-state index < -0.39 is 16.6 Å². The zero-order valence-corrected chi connectivity index (χ0v) is 8.33. The van der Waals surface area contributed by atoms with Crippen LogP contribution in [-0.2, 0) is 0 Å². The minimum atomic E-state index is -0.792. The molecule has 1 rings (SSSR count). The van der Waals surface area contributed by atoms with Crippen LogP contribution < -0.4 is 16.2 Å². The highest BCUT2D eigenvalue weighted by atomic mass is 16.3. The van der Waals surface area contributed by atoms with Gasteiger partial charge in [0.1, 0.15) is 5.69 Å². The van der Waals surface area contributed by atoms with Gasteiger partial charge in [-0.15, -0.1) is 0 Å². The van der Waals surface area contributed by atoms with Crippen molar-refractivity contribution in [2.24, 2.45) is 0 Å². The third kappa shape index (κ3) is 2.11. The van der Waals surface area contributed by atoms with E-state index in [4.69, 9.17) is 5.11 Å². The molecule has 0 atom stereocenters. The summed E-state index contributed by atoms with van der Waals surface area (Å²) in [5.41, 5.74) is -1.35. The predicted molar refractivity (Wildman–Crippen MR) is 54.7 cm³/mol. The summed E-state index contributed by atoms with van der Waals surface area (Å²) in [5.74, 6) is -0.431. The molecule has 0 aliphatic carbocycles. The molecule has 1 aromatic carbocycles. The number of anilines is 1. The quantitative estimate of drug-likeness (QED) is 0.486. The minimum Gasteiger partial charge on any atom is -0.502 e. The second kappa shape index (κ2) is 4.23. The van der Waals surface area contributed by atoms with Gasteiger partial charge in [0.15, 0.2) is 5.75 Å². The van der Waals surface area contributed by atoms with Crippen molar-refractivity contribution in [1.29, 1.82) is 0 Å². The molecule has 0 aromatic heterocycles. The molecule has 0 unspecified atom stereocenters. The molecule has 0 aliphatic heterocycles. The summed E-state index contributed by atoms with van der Waals surface area (Å²) in [6, 6.07) is 0.